The molecule has 0 saturated carbocycles. The summed E-state index contributed by atoms with van der Waals surface area (Å²) in [6.45, 7) is 1.30. The maximum Gasteiger partial charge on any atom is 0.341 e. The maximum absolute atomic E-state index is 12.3. The predicted octanol–water partition coefficient (Wildman–Crippen LogP) is 3.03. The molecule has 0 radical (unpaired) electrons. The van der Waals surface area contributed by atoms with Gasteiger partial charge in [-0.05, 0) is 24.0 Å². The molecule has 0 unspecified atom stereocenters. The van der Waals surface area contributed by atoms with Crippen LogP contribution in [0.15, 0.2) is 41.0 Å². The minimum atomic E-state index is -0.520. The van der Waals surface area contributed by atoms with E-state index < -0.39 is 5.97 Å². The van der Waals surface area contributed by atoms with Crippen LogP contribution in [0.4, 0.5) is 0 Å². The fraction of sp³-hybridized carbons (Fsp3) is 0.294. The van der Waals surface area contributed by atoms with Crippen LogP contribution in [0, 0.1) is 5.92 Å². The van der Waals surface area contributed by atoms with Gasteiger partial charge in [-0.25, -0.2) is 4.79 Å². The monoisotopic (exact) mass is 333 g/mol. The topological polar surface area (TPSA) is 59.8 Å². The lowest BCUT2D eigenvalue weighted by Crippen LogP contribution is -2.50. The number of carbonyl (C=O) groups is 2. The van der Waals surface area contributed by atoms with Crippen LogP contribution in [0.2, 0.25) is 5.02 Å². The molecule has 0 aliphatic carbocycles. The minimum Gasteiger partial charge on any atom is -0.465 e. The summed E-state index contributed by atoms with van der Waals surface area (Å²) >= 11 is 6.15. The van der Waals surface area contributed by atoms with Gasteiger partial charge in [0.25, 0.3) is 5.91 Å². The first-order valence-electron chi connectivity index (χ1n) is 7.28. The molecule has 3 rings (SSSR count). The van der Waals surface area contributed by atoms with E-state index in [2.05, 4.69) is 4.74 Å². The lowest BCUT2D eigenvalue weighted by Gasteiger charge is -2.39. The molecule has 120 valence electrons. The average molecular weight is 334 g/mol. The second kappa shape index (κ2) is 6.46. The zero-order chi connectivity index (χ0) is 16.4. The lowest BCUT2D eigenvalue weighted by atomic mass is 9.92. The third kappa shape index (κ3) is 3.24. The Balaban J connectivity index is 1.57. The SMILES string of the molecule is COC(=O)c1coc(C(=O)N2CC(Cc3ccccc3Cl)C2)c1. The Hall–Kier alpha value is -2.27. The number of rotatable bonds is 4. The Kier molecular flexibility index (Phi) is 4.39. The van der Waals surface area contributed by atoms with Crippen LogP contribution in [-0.2, 0) is 11.2 Å². The molecule has 1 aromatic heterocycles. The molecule has 1 aromatic carbocycles. The predicted molar refractivity (Wildman–Crippen MR) is 84.6 cm³/mol. The fourth-order valence-electron chi connectivity index (χ4n) is 2.67. The molecule has 0 N–H and O–H groups in total. The van der Waals surface area contributed by atoms with Crippen molar-refractivity contribution in [3.8, 4) is 0 Å². The summed E-state index contributed by atoms with van der Waals surface area (Å²) in [4.78, 5) is 25.3. The van der Waals surface area contributed by atoms with Gasteiger partial charge >= 0.3 is 5.97 Å². The Labute approximate surface area is 138 Å². The van der Waals surface area contributed by atoms with Gasteiger partial charge in [0, 0.05) is 24.2 Å². The summed E-state index contributed by atoms with van der Waals surface area (Å²) in [6, 6.07) is 9.14. The van der Waals surface area contributed by atoms with E-state index in [9.17, 15) is 9.59 Å². The fourth-order valence-corrected chi connectivity index (χ4v) is 2.88. The zero-order valence-electron chi connectivity index (χ0n) is 12.6. The molecular weight excluding hydrogens is 318 g/mol. The number of methoxy groups -OCH3 is 1. The van der Waals surface area contributed by atoms with Gasteiger partial charge in [0.2, 0.25) is 0 Å². The second-order valence-electron chi connectivity index (χ2n) is 5.56. The van der Waals surface area contributed by atoms with Crippen molar-refractivity contribution in [3.05, 3.63) is 58.5 Å². The van der Waals surface area contributed by atoms with E-state index in [-0.39, 0.29) is 17.2 Å². The third-order valence-corrected chi connectivity index (χ3v) is 4.31. The van der Waals surface area contributed by atoms with Crippen molar-refractivity contribution in [2.24, 2.45) is 5.92 Å². The van der Waals surface area contributed by atoms with Gasteiger partial charge in [-0.3, -0.25) is 4.79 Å². The number of carbonyl (C=O) groups excluding carboxylic acids is 2. The average Bonchev–Trinajstić information content (AvgIpc) is 3.00. The highest BCUT2D eigenvalue weighted by Gasteiger charge is 2.33. The summed E-state index contributed by atoms with van der Waals surface area (Å²) in [5.74, 6) is -0.195. The lowest BCUT2D eigenvalue weighted by molar-refractivity contribution is 0.0469. The molecule has 1 aliphatic heterocycles. The van der Waals surface area contributed by atoms with Crippen molar-refractivity contribution >= 4 is 23.5 Å². The van der Waals surface area contributed by atoms with Gasteiger partial charge in [-0.1, -0.05) is 29.8 Å². The number of nitrogens with zero attached hydrogens (tertiary/aromatic N) is 1. The van der Waals surface area contributed by atoms with Crippen LogP contribution in [0.25, 0.3) is 0 Å². The largest absolute Gasteiger partial charge is 0.465 e. The molecule has 0 bridgehead atoms. The highest BCUT2D eigenvalue weighted by Crippen LogP contribution is 2.26. The van der Waals surface area contributed by atoms with Crippen LogP contribution in [-0.4, -0.2) is 37.0 Å². The number of esters is 1. The van der Waals surface area contributed by atoms with Crippen molar-refractivity contribution < 1.29 is 18.7 Å². The van der Waals surface area contributed by atoms with E-state index in [0.717, 1.165) is 17.0 Å². The molecule has 2 heterocycles. The first-order chi connectivity index (χ1) is 11.1. The molecule has 0 spiro atoms. The summed E-state index contributed by atoms with van der Waals surface area (Å²) in [5, 5.41) is 0.756. The molecule has 6 heteroatoms. The highest BCUT2D eigenvalue weighted by molar-refractivity contribution is 6.31. The normalized spacial score (nSPS) is 14.4. The van der Waals surface area contributed by atoms with Gasteiger partial charge < -0.3 is 14.1 Å². The Morgan fingerprint density at radius 3 is 2.78 bits per heavy atom. The zero-order valence-corrected chi connectivity index (χ0v) is 13.4. The number of ether oxygens (including phenoxy) is 1. The summed E-state index contributed by atoms with van der Waals surface area (Å²) in [6.07, 6.45) is 2.08. The number of furan rings is 1. The third-order valence-electron chi connectivity index (χ3n) is 3.94. The van der Waals surface area contributed by atoms with E-state index in [1.165, 1.54) is 19.4 Å². The summed E-state index contributed by atoms with van der Waals surface area (Å²) in [7, 11) is 1.28. The smallest absolute Gasteiger partial charge is 0.341 e. The molecule has 1 aliphatic rings. The van der Waals surface area contributed by atoms with Gasteiger partial charge in [-0.15, -0.1) is 0 Å². The molecule has 1 fully saturated rings. The van der Waals surface area contributed by atoms with Crippen LogP contribution in [0.3, 0.4) is 0 Å². The van der Waals surface area contributed by atoms with Crippen LogP contribution in [0.1, 0.15) is 26.5 Å². The molecule has 5 nitrogen and oxygen atoms in total. The quantitative estimate of drug-likeness (QED) is 0.807. The van der Waals surface area contributed by atoms with Gasteiger partial charge in [0.15, 0.2) is 5.76 Å². The second-order valence-corrected chi connectivity index (χ2v) is 5.97. The van der Waals surface area contributed by atoms with E-state index in [1.807, 2.05) is 24.3 Å². The Morgan fingerprint density at radius 1 is 1.35 bits per heavy atom. The van der Waals surface area contributed by atoms with Gasteiger partial charge in [0.05, 0.1) is 12.7 Å². The maximum atomic E-state index is 12.3. The van der Waals surface area contributed by atoms with E-state index in [0.29, 0.717) is 19.0 Å². The highest BCUT2D eigenvalue weighted by atomic mass is 35.5. The number of hydrogen-bond acceptors (Lipinski definition) is 4. The standard InChI is InChI=1S/C17H16ClNO4/c1-22-17(21)13-7-15(23-10-13)16(20)19-8-11(9-19)6-12-4-2-3-5-14(12)18/h2-5,7,10-11H,6,8-9H2,1H3. The first-order valence-corrected chi connectivity index (χ1v) is 7.66. The number of benzene rings is 1. The molecule has 23 heavy (non-hydrogen) atoms. The van der Waals surface area contributed by atoms with Crippen molar-refractivity contribution in [2.75, 3.05) is 20.2 Å². The number of amides is 1. The van der Waals surface area contributed by atoms with E-state index >= 15 is 0 Å². The number of hydrogen-bond donors (Lipinski definition) is 0. The van der Waals surface area contributed by atoms with Crippen molar-refractivity contribution in [2.45, 2.75) is 6.42 Å². The molecule has 0 atom stereocenters. The van der Waals surface area contributed by atoms with Crippen molar-refractivity contribution in [3.63, 3.8) is 0 Å². The minimum absolute atomic E-state index is 0.154. The summed E-state index contributed by atoms with van der Waals surface area (Å²) in [5.41, 5.74) is 1.33. The van der Waals surface area contributed by atoms with Gasteiger partial charge in [-0.2, -0.15) is 0 Å². The van der Waals surface area contributed by atoms with E-state index in [1.54, 1.807) is 4.90 Å². The van der Waals surface area contributed by atoms with Crippen LogP contribution in [0.5, 0.6) is 0 Å². The summed E-state index contributed by atoms with van der Waals surface area (Å²) < 4.78 is 9.75. The molecular formula is C17H16ClNO4. The van der Waals surface area contributed by atoms with E-state index in [4.69, 9.17) is 16.0 Å². The van der Waals surface area contributed by atoms with Gasteiger partial charge in [0.1, 0.15) is 6.26 Å². The molecule has 1 amide bonds. The van der Waals surface area contributed by atoms with Crippen molar-refractivity contribution in [1.29, 1.82) is 0 Å². The molecule has 2 aromatic rings. The van der Waals surface area contributed by atoms with Crippen LogP contribution < -0.4 is 0 Å². The number of likely N-dealkylation sites (tertiary alicyclic amines) is 1. The number of halogens is 1. The van der Waals surface area contributed by atoms with Crippen LogP contribution >= 0.6 is 11.6 Å². The Morgan fingerprint density at radius 2 is 2.09 bits per heavy atom. The first kappa shape index (κ1) is 15.6. The van der Waals surface area contributed by atoms with Crippen molar-refractivity contribution in [1.82, 2.24) is 4.90 Å². The molecule has 1 saturated heterocycles. The Bertz CT molecular complexity index is 734.